The number of hydrogen-bond acceptors (Lipinski definition) is 6. The van der Waals surface area contributed by atoms with Crippen LogP contribution in [0.25, 0.3) is 0 Å². The molecule has 8 heteroatoms. The lowest BCUT2D eigenvalue weighted by molar-refractivity contribution is 0.102. The van der Waals surface area contributed by atoms with E-state index in [1.807, 2.05) is 0 Å². The van der Waals surface area contributed by atoms with Gasteiger partial charge in [-0.1, -0.05) is 11.3 Å². The van der Waals surface area contributed by atoms with Crippen LogP contribution in [0.5, 0.6) is 17.2 Å². The Balaban J connectivity index is 2.32. The van der Waals surface area contributed by atoms with Gasteiger partial charge in [-0.3, -0.25) is 10.1 Å². The van der Waals surface area contributed by atoms with E-state index in [2.05, 4.69) is 26.2 Å². The minimum Gasteiger partial charge on any atom is -0.493 e. The van der Waals surface area contributed by atoms with Gasteiger partial charge in [0.2, 0.25) is 5.75 Å². The van der Waals surface area contributed by atoms with E-state index in [4.69, 9.17) is 14.2 Å². The first-order valence-electron chi connectivity index (χ1n) is 5.81. The summed E-state index contributed by atoms with van der Waals surface area (Å²) in [7, 11) is 4.50. The fraction of sp³-hybridized carbons (Fsp3) is 0.231. The third-order valence-corrected chi connectivity index (χ3v) is 4.02. The number of ether oxygens (including phenoxy) is 3. The molecule has 1 aromatic heterocycles. The number of hydrogen-bond donors (Lipinski definition) is 1. The van der Waals surface area contributed by atoms with Crippen LogP contribution in [0.15, 0.2) is 22.1 Å². The highest BCUT2D eigenvalue weighted by atomic mass is 79.9. The zero-order chi connectivity index (χ0) is 15.4. The van der Waals surface area contributed by atoms with E-state index in [0.717, 1.165) is 3.79 Å². The largest absolute Gasteiger partial charge is 0.493 e. The maximum Gasteiger partial charge on any atom is 0.257 e. The molecule has 1 aromatic carbocycles. The van der Waals surface area contributed by atoms with Crippen LogP contribution in [0.3, 0.4) is 0 Å². The lowest BCUT2D eigenvalue weighted by atomic mass is 10.1. The number of aromatic nitrogens is 1. The number of nitrogens with zero attached hydrogens (tertiary/aromatic N) is 1. The molecule has 1 N–H and O–H groups in total. The van der Waals surface area contributed by atoms with Crippen LogP contribution in [-0.2, 0) is 0 Å². The Labute approximate surface area is 134 Å². The molecule has 0 unspecified atom stereocenters. The molecule has 0 saturated heterocycles. The number of methoxy groups -OCH3 is 3. The van der Waals surface area contributed by atoms with Crippen molar-refractivity contribution in [3.8, 4) is 17.2 Å². The van der Waals surface area contributed by atoms with E-state index in [-0.39, 0.29) is 5.91 Å². The molecular formula is C13H13BrN2O4S. The molecule has 0 atom stereocenters. The minimum atomic E-state index is -0.309. The fourth-order valence-corrected chi connectivity index (χ4v) is 2.80. The van der Waals surface area contributed by atoms with Gasteiger partial charge in [-0.05, 0) is 28.1 Å². The summed E-state index contributed by atoms with van der Waals surface area (Å²) in [6.07, 6.45) is 1.62. The van der Waals surface area contributed by atoms with Crippen molar-refractivity contribution in [3.63, 3.8) is 0 Å². The first-order valence-corrected chi connectivity index (χ1v) is 7.42. The highest BCUT2D eigenvalue weighted by molar-refractivity contribution is 9.11. The Bertz CT molecular complexity index is 634. The first kappa shape index (κ1) is 15.6. The van der Waals surface area contributed by atoms with E-state index in [9.17, 15) is 4.79 Å². The van der Waals surface area contributed by atoms with Crippen molar-refractivity contribution in [2.45, 2.75) is 0 Å². The summed E-state index contributed by atoms with van der Waals surface area (Å²) in [6.45, 7) is 0. The summed E-state index contributed by atoms with van der Waals surface area (Å²) in [6, 6.07) is 3.17. The topological polar surface area (TPSA) is 69.7 Å². The van der Waals surface area contributed by atoms with E-state index < -0.39 is 0 Å². The Kier molecular flexibility index (Phi) is 5.03. The average Bonchev–Trinajstić information content (AvgIpc) is 2.90. The van der Waals surface area contributed by atoms with Crippen molar-refractivity contribution in [1.82, 2.24) is 4.98 Å². The molecule has 1 amide bonds. The molecule has 0 bridgehead atoms. The van der Waals surface area contributed by atoms with Gasteiger partial charge in [-0.2, -0.15) is 0 Å². The predicted octanol–water partition coefficient (Wildman–Crippen LogP) is 3.18. The van der Waals surface area contributed by atoms with Crippen LogP contribution in [0.4, 0.5) is 5.13 Å². The summed E-state index contributed by atoms with van der Waals surface area (Å²) in [4.78, 5) is 16.3. The van der Waals surface area contributed by atoms with Crippen molar-refractivity contribution in [2.75, 3.05) is 26.6 Å². The monoisotopic (exact) mass is 372 g/mol. The molecule has 2 aromatic rings. The number of thiazole rings is 1. The van der Waals surface area contributed by atoms with Crippen LogP contribution in [-0.4, -0.2) is 32.2 Å². The fourth-order valence-electron chi connectivity index (χ4n) is 1.69. The average molecular weight is 373 g/mol. The molecule has 0 aliphatic carbocycles. The second kappa shape index (κ2) is 6.77. The van der Waals surface area contributed by atoms with Gasteiger partial charge >= 0.3 is 0 Å². The van der Waals surface area contributed by atoms with Gasteiger partial charge in [-0.15, -0.1) is 0 Å². The highest BCUT2D eigenvalue weighted by Gasteiger charge is 2.17. The molecule has 2 rings (SSSR count). The predicted molar refractivity (Wildman–Crippen MR) is 83.9 cm³/mol. The molecule has 1 heterocycles. The maximum atomic E-state index is 12.2. The lowest BCUT2D eigenvalue weighted by Crippen LogP contribution is -2.12. The molecule has 21 heavy (non-hydrogen) atoms. The Hall–Kier alpha value is -1.80. The molecular weight excluding hydrogens is 360 g/mol. The standard InChI is InChI=1S/C13H13BrN2O4S/c1-18-8-4-7(5-9(19-2)11(8)20-3)12(17)16-13-15-6-10(14)21-13/h4-6H,1-3H3,(H,15,16,17). The van der Waals surface area contributed by atoms with Crippen molar-refractivity contribution in [2.24, 2.45) is 0 Å². The van der Waals surface area contributed by atoms with Crippen LogP contribution in [0.1, 0.15) is 10.4 Å². The number of nitrogens with one attached hydrogen (secondary N) is 1. The number of halogens is 1. The summed E-state index contributed by atoms with van der Waals surface area (Å²) < 4.78 is 16.5. The van der Waals surface area contributed by atoms with Crippen molar-refractivity contribution < 1.29 is 19.0 Å². The number of amides is 1. The third-order valence-electron chi connectivity index (χ3n) is 2.62. The summed E-state index contributed by atoms with van der Waals surface area (Å²) in [5, 5.41) is 3.21. The zero-order valence-electron chi connectivity index (χ0n) is 11.6. The minimum absolute atomic E-state index is 0.309. The Morgan fingerprint density at radius 2 is 1.81 bits per heavy atom. The molecule has 112 valence electrons. The highest BCUT2D eigenvalue weighted by Crippen LogP contribution is 2.38. The SMILES string of the molecule is COc1cc(C(=O)Nc2ncc(Br)s2)cc(OC)c1OC. The number of anilines is 1. The normalized spacial score (nSPS) is 10.1. The van der Waals surface area contributed by atoms with Gasteiger partial charge in [0.1, 0.15) is 0 Å². The molecule has 0 spiro atoms. The van der Waals surface area contributed by atoms with Gasteiger partial charge in [0.25, 0.3) is 5.91 Å². The van der Waals surface area contributed by atoms with Gasteiger partial charge in [0.05, 0.1) is 31.3 Å². The quantitative estimate of drug-likeness (QED) is 0.872. The summed E-state index contributed by atoms with van der Waals surface area (Å²) in [5.41, 5.74) is 0.385. The summed E-state index contributed by atoms with van der Waals surface area (Å²) in [5.74, 6) is 0.967. The molecule has 0 aliphatic heterocycles. The van der Waals surface area contributed by atoms with E-state index in [0.29, 0.717) is 27.9 Å². The first-order chi connectivity index (χ1) is 10.1. The van der Waals surface area contributed by atoms with Gasteiger partial charge in [0.15, 0.2) is 16.6 Å². The third kappa shape index (κ3) is 3.45. The zero-order valence-corrected chi connectivity index (χ0v) is 14.0. The van der Waals surface area contributed by atoms with Gasteiger partial charge in [0, 0.05) is 5.56 Å². The molecule has 0 aliphatic rings. The van der Waals surface area contributed by atoms with Crippen LogP contribution in [0.2, 0.25) is 0 Å². The van der Waals surface area contributed by atoms with Crippen LogP contribution < -0.4 is 19.5 Å². The second-order valence-corrected chi connectivity index (χ2v) is 6.25. The van der Waals surface area contributed by atoms with Gasteiger partial charge in [-0.25, -0.2) is 4.98 Å². The van der Waals surface area contributed by atoms with Crippen LogP contribution >= 0.6 is 27.3 Å². The Morgan fingerprint density at radius 1 is 1.19 bits per heavy atom. The lowest BCUT2D eigenvalue weighted by Gasteiger charge is -2.13. The van der Waals surface area contributed by atoms with E-state index >= 15 is 0 Å². The number of rotatable bonds is 5. The maximum absolute atomic E-state index is 12.2. The molecule has 0 radical (unpaired) electrons. The summed E-state index contributed by atoms with van der Waals surface area (Å²) >= 11 is 4.62. The second-order valence-electron chi connectivity index (χ2n) is 3.84. The molecule has 0 saturated carbocycles. The number of benzene rings is 1. The van der Waals surface area contributed by atoms with Crippen molar-refractivity contribution >= 4 is 38.3 Å². The van der Waals surface area contributed by atoms with E-state index in [1.165, 1.54) is 32.7 Å². The van der Waals surface area contributed by atoms with Crippen molar-refractivity contribution in [3.05, 3.63) is 27.7 Å². The van der Waals surface area contributed by atoms with Crippen LogP contribution in [0, 0.1) is 0 Å². The van der Waals surface area contributed by atoms with E-state index in [1.54, 1.807) is 18.3 Å². The molecule has 6 nitrogen and oxygen atoms in total. The Morgan fingerprint density at radius 3 is 2.24 bits per heavy atom. The molecule has 0 fully saturated rings. The van der Waals surface area contributed by atoms with Crippen molar-refractivity contribution in [1.29, 1.82) is 0 Å². The van der Waals surface area contributed by atoms with Gasteiger partial charge < -0.3 is 14.2 Å². The number of carbonyl (C=O) groups is 1. The number of carbonyl (C=O) groups excluding carboxylic acids is 1. The smallest absolute Gasteiger partial charge is 0.257 e.